The average molecular weight is 199 g/mol. The second-order valence-electron chi connectivity index (χ2n) is 2.68. The summed E-state index contributed by atoms with van der Waals surface area (Å²) in [6.45, 7) is -0.450. The predicted molar refractivity (Wildman–Crippen MR) is 39.6 cm³/mol. The standard InChI is InChI=1S/C6H11ClO5/c7-6-5(11)4(10)3(9)2(1-8)12-6/h2-6,8-11H,1H2/t2?,3-,4?,5?,6+/m0/s1. The minimum absolute atomic E-state index is 0.450. The molecule has 0 aromatic carbocycles. The van der Waals surface area contributed by atoms with Crippen molar-refractivity contribution in [3.8, 4) is 0 Å². The van der Waals surface area contributed by atoms with Gasteiger partial charge in [-0.15, -0.1) is 0 Å². The number of aliphatic hydroxyl groups is 4. The maximum absolute atomic E-state index is 9.17. The Bertz CT molecular complexity index is 150. The smallest absolute Gasteiger partial charge is 0.160 e. The molecule has 0 radical (unpaired) electrons. The van der Waals surface area contributed by atoms with Crippen molar-refractivity contribution in [1.29, 1.82) is 0 Å². The van der Waals surface area contributed by atoms with E-state index in [1.807, 2.05) is 0 Å². The lowest BCUT2D eigenvalue weighted by atomic mass is 10.0. The molecule has 72 valence electrons. The topological polar surface area (TPSA) is 90.2 Å². The van der Waals surface area contributed by atoms with Gasteiger partial charge in [0.15, 0.2) is 5.56 Å². The molecule has 1 aliphatic heterocycles. The van der Waals surface area contributed by atoms with Crippen molar-refractivity contribution in [3.63, 3.8) is 0 Å². The van der Waals surface area contributed by atoms with E-state index >= 15 is 0 Å². The summed E-state index contributed by atoms with van der Waals surface area (Å²) in [7, 11) is 0. The quantitative estimate of drug-likeness (QED) is 0.367. The van der Waals surface area contributed by atoms with Crippen molar-refractivity contribution in [3.05, 3.63) is 0 Å². The zero-order valence-electron chi connectivity index (χ0n) is 6.17. The van der Waals surface area contributed by atoms with Crippen molar-refractivity contribution in [2.24, 2.45) is 0 Å². The molecule has 0 aromatic rings. The third-order valence-corrected chi connectivity index (χ3v) is 2.20. The summed E-state index contributed by atoms with van der Waals surface area (Å²) in [6.07, 6.45) is -4.95. The summed E-state index contributed by atoms with van der Waals surface area (Å²) in [6, 6.07) is 0. The first-order chi connectivity index (χ1) is 5.57. The number of rotatable bonds is 1. The lowest BCUT2D eigenvalue weighted by Crippen LogP contribution is -2.56. The Hall–Kier alpha value is 0.0900. The highest BCUT2D eigenvalue weighted by atomic mass is 35.5. The summed E-state index contributed by atoms with van der Waals surface area (Å²) in [5, 5.41) is 36.0. The van der Waals surface area contributed by atoms with Crippen molar-refractivity contribution < 1.29 is 25.2 Å². The van der Waals surface area contributed by atoms with Crippen molar-refractivity contribution >= 4 is 11.6 Å². The molecule has 3 unspecified atom stereocenters. The first-order valence-corrected chi connectivity index (χ1v) is 3.96. The molecular weight excluding hydrogens is 188 g/mol. The van der Waals surface area contributed by atoms with Crippen molar-refractivity contribution in [2.75, 3.05) is 6.61 Å². The molecule has 0 saturated carbocycles. The van der Waals surface area contributed by atoms with Crippen LogP contribution in [-0.4, -0.2) is 57.0 Å². The molecule has 1 saturated heterocycles. The van der Waals surface area contributed by atoms with Gasteiger partial charge in [-0.2, -0.15) is 0 Å². The van der Waals surface area contributed by atoms with Crippen molar-refractivity contribution in [2.45, 2.75) is 30.0 Å². The molecular formula is C6H11ClO5. The van der Waals surface area contributed by atoms with E-state index < -0.39 is 36.6 Å². The summed E-state index contributed by atoms with van der Waals surface area (Å²) >= 11 is 5.45. The zero-order valence-corrected chi connectivity index (χ0v) is 6.92. The van der Waals surface area contributed by atoms with Crippen LogP contribution in [-0.2, 0) is 4.74 Å². The van der Waals surface area contributed by atoms with Gasteiger partial charge in [-0.05, 0) is 0 Å². The molecule has 1 fully saturated rings. The molecule has 0 aliphatic carbocycles. The van der Waals surface area contributed by atoms with Gasteiger partial charge in [-0.3, -0.25) is 0 Å². The van der Waals surface area contributed by atoms with Gasteiger partial charge in [-0.25, -0.2) is 0 Å². The number of ether oxygens (including phenoxy) is 1. The Morgan fingerprint density at radius 2 is 1.67 bits per heavy atom. The lowest BCUT2D eigenvalue weighted by Gasteiger charge is -2.37. The van der Waals surface area contributed by atoms with E-state index in [9.17, 15) is 5.11 Å². The molecule has 1 aliphatic rings. The summed E-state index contributed by atoms with van der Waals surface area (Å²) in [4.78, 5) is 0. The van der Waals surface area contributed by atoms with E-state index in [2.05, 4.69) is 0 Å². The molecule has 0 amide bonds. The van der Waals surface area contributed by atoms with Gasteiger partial charge < -0.3 is 25.2 Å². The van der Waals surface area contributed by atoms with Crippen LogP contribution in [0.5, 0.6) is 0 Å². The first-order valence-electron chi connectivity index (χ1n) is 3.52. The third-order valence-electron chi connectivity index (χ3n) is 1.83. The van der Waals surface area contributed by atoms with E-state index in [1.165, 1.54) is 0 Å². The first kappa shape index (κ1) is 10.2. The van der Waals surface area contributed by atoms with E-state index in [0.29, 0.717) is 0 Å². The minimum atomic E-state index is -1.38. The minimum Gasteiger partial charge on any atom is -0.394 e. The fraction of sp³-hybridized carbons (Fsp3) is 1.00. The highest BCUT2D eigenvalue weighted by molar-refractivity contribution is 6.20. The largest absolute Gasteiger partial charge is 0.394 e. The van der Waals surface area contributed by atoms with Gasteiger partial charge in [0.1, 0.15) is 24.4 Å². The monoisotopic (exact) mass is 198 g/mol. The number of alkyl halides is 1. The Labute approximate surface area is 74.2 Å². The summed E-state index contributed by atoms with van der Waals surface area (Å²) in [5.41, 5.74) is -1.10. The molecule has 0 spiro atoms. The van der Waals surface area contributed by atoms with Crippen LogP contribution in [0, 0.1) is 0 Å². The molecule has 0 aromatic heterocycles. The van der Waals surface area contributed by atoms with Gasteiger partial charge in [0.05, 0.1) is 6.61 Å². The molecule has 6 heteroatoms. The fourth-order valence-electron chi connectivity index (χ4n) is 1.06. The van der Waals surface area contributed by atoms with Crippen LogP contribution < -0.4 is 0 Å². The molecule has 5 nitrogen and oxygen atoms in total. The summed E-state index contributed by atoms with van der Waals surface area (Å²) < 4.78 is 4.79. The van der Waals surface area contributed by atoms with Gasteiger partial charge in [0.25, 0.3) is 0 Å². The lowest BCUT2D eigenvalue weighted by molar-refractivity contribution is -0.207. The zero-order chi connectivity index (χ0) is 9.30. The number of hydrogen-bond acceptors (Lipinski definition) is 5. The Kier molecular flexibility index (Phi) is 3.28. The Morgan fingerprint density at radius 3 is 2.17 bits per heavy atom. The number of halogens is 1. The second-order valence-corrected chi connectivity index (χ2v) is 3.11. The predicted octanol–water partition coefficient (Wildman–Crippen LogP) is -1.97. The molecule has 12 heavy (non-hydrogen) atoms. The highest BCUT2D eigenvalue weighted by Gasteiger charge is 2.42. The normalized spacial score (nSPS) is 49.2. The SMILES string of the molecule is OCC1O[C@@H](Cl)C(O)C(O)[C@H]1O. The van der Waals surface area contributed by atoms with Gasteiger partial charge in [0.2, 0.25) is 0 Å². The molecule has 4 N–H and O–H groups in total. The van der Waals surface area contributed by atoms with Crippen LogP contribution in [0.1, 0.15) is 0 Å². The van der Waals surface area contributed by atoms with Crippen LogP contribution >= 0.6 is 11.6 Å². The Balaban J connectivity index is 2.63. The molecule has 0 bridgehead atoms. The maximum Gasteiger partial charge on any atom is 0.160 e. The average Bonchev–Trinajstić information content (AvgIpc) is 2.08. The Morgan fingerprint density at radius 1 is 1.08 bits per heavy atom. The van der Waals surface area contributed by atoms with Gasteiger partial charge in [-0.1, -0.05) is 11.6 Å². The number of aliphatic hydroxyl groups excluding tert-OH is 4. The van der Waals surface area contributed by atoms with E-state index in [4.69, 9.17) is 31.7 Å². The van der Waals surface area contributed by atoms with Crippen LogP contribution in [0.25, 0.3) is 0 Å². The second kappa shape index (κ2) is 3.87. The van der Waals surface area contributed by atoms with Crippen molar-refractivity contribution in [1.82, 2.24) is 0 Å². The van der Waals surface area contributed by atoms with E-state index in [0.717, 1.165) is 0 Å². The fourth-order valence-corrected chi connectivity index (χ4v) is 1.34. The van der Waals surface area contributed by atoms with Crippen LogP contribution in [0.3, 0.4) is 0 Å². The molecule has 1 rings (SSSR count). The maximum atomic E-state index is 9.17. The van der Waals surface area contributed by atoms with Crippen LogP contribution in [0.4, 0.5) is 0 Å². The highest BCUT2D eigenvalue weighted by Crippen LogP contribution is 2.22. The summed E-state index contributed by atoms with van der Waals surface area (Å²) in [5.74, 6) is 0. The van der Waals surface area contributed by atoms with Gasteiger partial charge in [0, 0.05) is 0 Å². The van der Waals surface area contributed by atoms with Gasteiger partial charge >= 0.3 is 0 Å². The third kappa shape index (κ3) is 1.71. The van der Waals surface area contributed by atoms with E-state index in [-0.39, 0.29) is 0 Å². The van der Waals surface area contributed by atoms with E-state index in [1.54, 1.807) is 0 Å². The van der Waals surface area contributed by atoms with Crippen LogP contribution in [0.15, 0.2) is 0 Å². The van der Waals surface area contributed by atoms with Crippen LogP contribution in [0.2, 0.25) is 0 Å². The molecule has 5 atom stereocenters. The number of hydrogen-bond donors (Lipinski definition) is 4. The molecule has 1 heterocycles.